The Balaban J connectivity index is 2.17. The van der Waals surface area contributed by atoms with Crippen molar-refractivity contribution in [2.75, 3.05) is 13.7 Å². The largest absolute Gasteiger partial charge is 0.499 e. The van der Waals surface area contributed by atoms with E-state index in [4.69, 9.17) is 9.47 Å². The summed E-state index contributed by atoms with van der Waals surface area (Å²) in [4.78, 5) is 10.5. The third kappa shape index (κ3) is 2.24. The molecule has 0 fully saturated rings. The fourth-order valence-corrected chi connectivity index (χ4v) is 2.42. The van der Waals surface area contributed by atoms with Gasteiger partial charge in [0.2, 0.25) is 11.5 Å². The molecule has 0 amide bonds. The summed E-state index contributed by atoms with van der Waals surface area (Å²) in [7, 11) is 1.34. The summed E-state index contributed by atoms with van der Waals surface area (Å²) < 4.78 is 10.5. The molecule has 1 N–H and O–H groups in total. The van der Waals surface area contributed by atoms with E-state index in [2.05, 4.69) is 0 Å². The van der Waals surface area contributed by atoms with Crippen molar-refractivity contribution in [2.45, 2.75) is 0 Å². The van der Waals surface area contributed by atoms with E-state index < -0.39 is 16.4 Å². The maximum absolute atomic E-state index is 11.2. The molecule has 2 aromatic rings. The highest BCUT2D eigenvalue weighted by molar-refractivity contribution is 5.88. The molecule has 0 spiro atoms. The van der Waals surface area contributed by atoms with Gasteiger partial charge in [-0.3, -0.25) is 10.1 Å². The van der Waals surface area contributed by atoms with Crippen LogP contribution < -0.4 is 9.47 Å². The Morgan fingerprint density at radius 3 is 2.68 bits per heavy atom. The van der Waals surface area contributed by atoms with Gasteiger partial charge in [-0.05, 0) is 23.3 Å². The smallest absolute Gasteiger partial charge is 0.356 e. The van der Waals surface area contributed by atoms with Gasteiger partial charge >= 0.3 is 5.69 Å². The van der Waals surface area contributed by atoms with E-state index >= 15 is 0 Å². The van der Waals surface area contributed by atoms with E-state index in [0.717, 1.165) is 11.1 Å². The molecule has 0 aromatic heterocycles. The van der Waals surface area contributed by atoms with Crippen molar-refractivity contribution in [1.82, 2.24) is 0 Å². The van der Waals surface area contributed by atoms with E-state index in [1.807, 2.05) is 36.4 Å². The zero-order valence-electron chi connectivity index (χ0n) is 11.8. The molecule has 6 heteroatoms. The van der Waals surface area contributed by atoms with Crippen LogP contribution in [-0.2, 0) is 0 Å². The maximum atomic E-state index is 11.2. The predicted octanol–water partition coefficient (Wildman–Crippen LogP) is 3.24. The number of fused-ring (bicyclic) bond motifs is 1. The summed E-state index contributed by atoms with van der Waals surface area (Å²) in [6.07, 6.45) is 1.81. The molecule has 0 saturated carbocycles. The fraction of sp³-hybridized carbons (Fsp3) is 0.125. The summed E-state index contributed by atoms with van der Waals surface area (Å²) in [6, 6.07) is 11.1. The lowest BCUT2D eigenvalue weighted by Gasteiger charge is -2.19. The molecule has 0 atom stereocenters. The lowest BCUT2D eigenvalue weighted by atomic mass is 10.00. The van der Waals surface area contributed by atoms with E-state index in [9.17, 15) is 15.2 Å². The first kappa shape index (κ1) is 13.9. The van der Waals surface area contributed by atoms with Gasteiger partial charge in [-0.25, -0.2) is 0 Å². The molecule has 112 valence electrons. The highest BCUT2D eigenvalue weighted by atomic mass is 16.6. The molecule has 3 rings (SSSR count). The van der Waals surface area contributed by atoms with Gasteiger partial charge in [-0.2, -0.15) is 0 Å². The number of ether oxygens (including phenoxy) is 2. The lowest BCUT2D eigenvalue weighted by molar-refractivity contribution is -0.386. The van der Waals surface area contributed by atoms with Crippen LogP contribution in [0.1, 0.15) is 11.1 Å². The Morgan fingerprint density at radius 1 is 1.32 bits per heavy atom. The number of phenols is 1. The van der Waals surface area contributed by atoms with Crippen LogP contribution in [0, 0.1) is 10.1 Å². The van der Waals surface area contributed by atoms with E-state index in [0.29, 0.717) is 5.56 Å². The minimum absolute atomic E-state index is 0.0413. The molecule has 0 radical (unpaired) electrons. The van der Waals surface area contributed by atoms with Crippen LogP contribution in [0.5, 0.6) is 17.2 Å². The Labute approximate surface area is 126 Å². The number of phenolic OH excluding ortho intramolecular Hbond substituents is 1. The molecule has 1 aliphatic heterocycles. The number of nitro groups is 1. The van der Waals surface area contributed by atoms with Gasteiger partial charge in [-0.15, -0.1) is 0 Å². The first-order valence-electron chi connectivity index (χ1n) is 6.59. The second kappa shape index (κ2) is 5.40. The highest BCUT2D eigenvalue weighted by Gasteiger charge is 2.30. The molecule has 0 bridgehead atoms. The molecular weight excluding hydrogens is 286 g/mol. The van der Waals surface area contributed by atoms with Crippen molar-refractivity contribution < 1.29 is 19.5 Å². The van der Waals surface area contributed by atoms with Gasteiger partial charge in [-0.1, -0.05) is 30.3 Å². The molecule has 6 nitrogen and oxygen atoms in total. The third-order valence-electron chi connectivity index (χ3n) is 3.47. The Bertz CT molecular complexity index is 768. The average molecular weight is 299 g/mol. The third-order valence-corrected chi connectivity index (χ3v) is 3.47. The van der Waals surface area contributed by atoms with Crippen molar-refractivity contribution in [3.8, 4) is 17.2 Å². The number of hydrogen-bond acceptors (Lipinski definition) is 5. The molecular formula is C16H13NO5. The standard InChI is InChI=1S/C16H13NO5/c1-21-13-8-11-7-12(10-5-3-2-4-6-10)9-22-16(11)14(15(13)18)17(19)20/h2-8,18H,9H2,1H3. The number of nitrogens with zero attached hydrogens (tertiary/aromatic N) is 1. The van der Waals surface area contributed by atoms with Crippen LogP contribution in [0.25, 0.3) is 11.6 Å². The zero-order valence-corrected chi connectivity index (χ0v) is 11.8. The second-order valence-electron chi connectivity index (χ2n) is 4.78. The average Bonchev–Trinajstić information content (AvgIpc) is 2.54. The first-order chi connectivity index (χ1) is 10.6. The number of aromatic hydroxyl groups is 1. The molecule has 0 unspecified atom stereocenters. The van der Waals surface area contributed by atoms with Gasteiger partial charge in [0.05, 0.1) is 12.0 Å². The molecule has 22 heavy (non-hydrogen) atoms. The molecule has 1 aliphatic rings. The van der Waals surface area contributed by atoms with E-state index in [-0.39, 0.29) is 18.1 Å². The maximum Gasteiger partial charge on any atom is 0.356 e. The van der Waals surface area contributed by atoms with Gasteiger partial charge < -0.3 is 14.6 Å². The first-order valence-corrected chi connectivity index (χ1v) is 6.59. The summed E-state index contributed by atoms with van der Waals surface area (Å²) in [5.74, 6) is -0.426. The van der Waals surface area contributed by atoms with Crippen molar-refractivity contribution >= 4 is 17.3 Å². The van der Waals surface area contributed by atoms with Crippen LogP contribution >= 0.6 is 0 Å². The Kier molecular flexibility index (Phi) is 3.42. The monoisotopic (exact) mass is 299 g/mol. The fourth-order valence-electron chi connectivity index (χ4n) is 2.42. The normalized spacial score (nSPS) is 12.9. The summed E-state index contributed by atoms with van der Waals surface area (Å²) in [5, 5.41) is 21.1. The van der Waals surface area contributed by atoms with Crippen molar-refractivity contribution in [1.29, 1.82) is 0 Å². The highest BCUT2D eigenvalue weighted by Crippen LogP contribution is 2.48. The Morgan fingerprint density at radius 2 is 2.05 bits per heavy atom. The Hall–Kier alpha value is -3.02. The van der Waals surface area contributed by atoms with Crippen molar-refractivity contribution in [2.24, 2.45) is 0 Å². The van der Waals surface area contributed by atoms with Gasteiger partial charge in [0.1, 0.15) is 6.61 Å². The van der Waals surface area contributed by atoms with Gasteiger partial charge in [0.25, 0.3) is 0 Å². The van der Waals surface area contributed by atoms with E-state index in [1.54, 1.807) is 0 Å². The summed E-state index contributed by atoms with van der Waals surface area (Å²) >= 11 is 0. The van der Waals surface area contributed by atoms with Gasteiger partial charge in [0.15, 0.2) is 5.75 Å². The quantitative estimate of drug-likeness (QED) is 0.695. The second-order valence-corrected chi connectivity index (χ2v) is 4.78. The predicted molar refractivity (Wildman–Crippen MR) is 81.1 cm³/mol. The number of hydrogen-bond donors (Lipinski definition) is 1. The van der Waals surface area contributed by atoms with Gasteiger partial charge in [0, 0.05) is 5.56 Å². The minimum atomic E-state index is -0.669. The van der Waals surface area contributed by atoms with Crippen LogP contribution in [0.2, 0.25) is 0 Å². The minimum Gasteiger partial charge on any atom is -0.499 e. The SMILES string of the molecule is COc1cc2c(c([N+](=O)[O-])c1O)OCC(c1ccccc1)=C2. The number of rotatable bonds is 3. The number of nitro benzene ring substituents is 1. The summed E-state index contributed by atoms with van der Waals surface area (Å²) in [6.45, 7) is 0.198. The van der Waals surface area contributed by atoms with Crippen molar-refractivity contribution in [3.05, 3.63) is 57.6 Å². The topological polar surface area (TPSA) is 81.8 Å². The van der Waals surface area contributed by atoms with Crippen LogP contribution in [0.3, 0.4) is 0 Å². The van der Waals surface area contributed by atoms with Crippen LogP contribution in [-0.4, -0.2) is 23.7 Å². The molecule has 2 aromatic carbocycles. The van der Waals surface area contributed by atoms with Crippen molar-refractivity contribution in [3.63, 3.8) is 0 Å². The number of methoxy groups -OCH3 is 1. The molecule has 0 saturated heterocycles. The molecule has 0 aliphatic carbocycles. The lowest BCUT2D eigenvalue weighted by Crippen LogP contribution is -2.09. The number of benzene rings is 2. The van der Waals surface area contributed by atoms with Crippen LogP contribution in [0.4, 0.5) is 5.69 Å². The van der Waals surface area contributed by atoms with Crippen LogP contribution in [0.15, 0.2) is 36.4 Å². The molecule has 1 heterocycles. The van der Waals surface area contributed by atoms with E-state index in [1.165, 1.54) is 13.2 Å². The summed E-state index contributed by atoms with van der Waals surface area (Å²) in [5.41, 5.74) is 1.90. The zero-order chi connectivity index (χ0) is 15.7.